The van der Waals surface area contributed by atoms with Crippen LogP contribution in [0.25, 0.3) is 0 Å². The highest BCUT2D eigenvalue weighted by Crippen LogP contribution is 2.13. The molecule has 0 unspecified atom stereocenters. The first-order valence-corrected chi connectivity index (χ1v) is 6.92. The molecule has 0 spiro atoms. The second-order valence-electron chi connectivity index (χ2n) is 4.87. The van der Waals surface area contributed by atoms with E-state index in [0.29, 0.717) is 24.0 Å². The van der Waals surface area contributed by atoms with Gasteiger partial charge in [0.05, 0.1) is 6.54 Å². The number of rotatable bonds is 5. The van der Waals surface area contributed by atoms with Crippen LogP contribution >= 0.6 is 0 Å². The molecule has 112 valence electrons. The summed E-state index contributed by atoms with van der Waals surface area (Å²) in [5.41, 5.74) is 0. The maximum atomic E-state index is 12.8. The van der Waals surface area contributed by atoms with E-state index in [0.717, 1.165) is 26.2 Å². The monoisotopic (exact) mass is 292 g/mol. The van der Waals surface area contributed by atoms with Crippen molar-refractivity contribution in [2.24, 2.45) is 0 Å². The number of nitrogens with zero attached hydrogens (tertiary/aromatic N) is 3. The molecule has 1 aliphatic heterocycles. The SMILES string of the molecule is Fc1ccc(OCc2noc(CN3CCNCC3)n2)cc1. The first-order chi connectivity index (χ1) is 10.3. The fraction of sp³-hybridized carbons (Fsp3) is 0.429. The van der Waals surface area contributed by atoms with E-state index >= 15 is 0 Å². The van der Waals surface area contributed by atoms with Gasteiger partial charge in [0.1, 0.15) is 11.6 Å². The van der Waals surface area contributed by atoms with E-state index < -0.39 is 0 Å². The van der Waals surface area contributed by atoms with Crippen LogP contribution in [0, 0.1) is 5.82 Å². The number of piperazine rings is 1. The lowest BCUT2D eigenvalue weighted by Crippen LogP contribution is -2.42. The fourth-order valence-electron chi connectivity index (χ4n) is 2.15. The Labute approximate surface area is 121 Å². The molecule has 1 N–H and O–H groups in total. The molecule has 6 nitrogen and oxygen atoms in total. The van der Waals surface area contributed by atoms with Gasteiger partial charge in [0, 0.05) is 26.2 Å². The predicted octanol–water partition coefficient (Wildman–Crippen LogP) is 1.19. The molecule has 1 aliphatic rings. The molecule has 21 heavy (non-hydrogen) atoms. The van der Waals surface area contributed by atoms with Crippen LogP contribution in [-0.2, 0) is 13.2 Å². The topological polar surface area (TPSA) is 63.4 Å². The number of benzene rings is 1. The number of aromatic nitrogens is 2. The van der Waals surface area contributed by atoms with Crippen LogP contribution in [-0.4, -0.2) is 41.2 Å². The lowest BCUT2D eigenvalue weighted by Gasteiger charge is -2.25. The van der Waals surface area contributed by atoms with Gasteiger partial charge in [-0.3, -0.25) is 4.90 Å². The van der Waals surface area contributed by atoms with Gasteiger partial charge >= 0.3 is 0 Å². The van der Waals surface area contributed by atoms with Gasteiger partial charge in [0.2, 0.25) is 11.7 Å². The Kier molecular flexibility index (Phi) is 4.42. The molecule has 7 heteroatoms. The van der Waals surface area contributed by atoms with E-state index in [-0.39, 0.29) is 12.4 Å². The van der Waals surface area contributed by atoms with Crippen molar-refractivity contribution in [3.63, 3.8) is 0 Å². The molecule has 0 radical (unpaired) electrons. The third-order valence-electron chi connectivity index (χ3n) is 3.26. The van der Waals surface area contributed by atoms with Crippen molar-refractivity contribution in [3.8, 4) is 5.75 Å². The highest BCUT2D eigenvalue weighted by Gasteiger charge is 2.14. The van der Waals surface area contributed by atoms with Crippen molar-refractivity contribution >= 4 is 0 Å². The standard InChI is InChI=1S/C14H17FN4O2/c15-11-1-3-12(4-2-11)20-10-13-17-14(21-18-13)9-19-7-5-16-6-8-19/h1-4,16H,5-10H2. The maximum Gasteiger partial charge on any atom is 0.240 e. The molecule has 0 atom stereocenters. The molecule has 0 bridgehead atoms. The minimum atomic E-state index is -0.291. The maximum absolute atomic E-state index is 12.8. The molecule has 3 rings (SSSR count). The second kappa shape index (κ2) is 6.64. The highest BCUT2D eigenvalue weighted by molar-refractivity contribution is 5.22. The van der Waals surface area contributed by atoms with E-state index in [9.17, 15) is 4.39 Å². The smallest absolute Gasteiger partial charge is 0.240 e. The Bertz CT molecular complexity index is 567. The van der Waals surface area contributed by atoms with Crippen LogP contribution in [0.1, 0.15) is 11.7 Å². The van der Waals surface area contributed by atoms with Gasteiger partial charge in [0.25, 0.3) is 0 Å². The molecular weight excluding hydrogens is 275 g/mol. The van der Waals surface area contributed by atoms with Crippen molar-refractivity contribution in [1.82, 2.24) is 20.4 Å². The van der Waals surface area contributed by atoms with Crippen molar-refractivity contribution in [3.05, 3.63) is 41.8 Å². The number of halogens is 1. The Hall–Kier alpha value is -1.99. The third-order valence-corrected chi connectivity index (χ3v) is 3.26. The van der Waals surface area contributed by atoms with Crippen LogP contribution in [0.4, 0.5) is 4.39 Å². The molecule has 2 aromatic rings. The van der Waals surface area contributed by atoms with Crippen LogP contribution < -0.4 is 10.1 Å². The van der Waals surface area contributed by atoms with Crippen molar-refractivity contribution < 1.29 is 13.7 Å². The summed E-state index contributed by atoms with van der Waals surface area (Å²) >= 11 is 0. The van der Waals surface area contributed by atoms with Gasteiger partial charge < -0.3 is 14.6 Å². The Balaban J connectivity index is 1.51. The van der Waals surface area contributed by atoms with Crippen molar-refractivity contribution in [1.29, 1.82) is 0 Å². The van der Waals surface area contributed by atoms with E-state index in [1.807, 2.05) is 0 Å². The Morgan fingerprint density at radius 1 is 1.24 bits per heavy atom. The minimum absolute atomic E-state index is 0.205. The zero-order chi connectivity index (χ0) is 14.5. The van der Waals surface area contributed by atoms with Gasteiger partial charge in [0.15, 0.2) is 6.61 Å². The number of hydrogen-bond donors (Lipinski definition) is 1. The molecule has 0 amide bonds. The largest absolute Gasteiger partial charge is 0.485 e. The molecule has 1 aromatic heterocycles. The lowest BCUT2D eigenvalue weighted by atomic mass is 10.3. The van der Waals surface area contributed by atoms with Gasteiger partial charge in [-0.2, -0.15) is 4.98 Å². The summed E-state index contributed by atoms with van der Waals surface area (Å²) in [4.78, 5) is 6.56. The molecule has 0 aliphatic carbocycles. The van der Waals surface area contributed by atoms with Crippen molar-refractivity contribution in [2.75, 3.05) is 26.2 Å². The van der Waals surface area contributed by atoms with Gasteiger partial charge in [-0.1, -0.05) is 5.16 Å². The summed E-state index contributed by atoms with van der Waals surface area (Å²) < 4.78 is 23.5. The molecule has 2 heterocycles. The lowest BCUT2D eigenvalue weighted by molar-refractivity contribution is 0.203. The summed E-state index contributed by atoms with van der Waals surface area (Å²) in [5.74, 6) is 1.36. The molecule has 1 fully saturated rings. The quantitative estimate of drug-likeness (QED) is 0.893. The van der Waals surface area contributed by atoms with E-state index in [4.69, 9.17) is 9.26 Å². The summed E-state index contributed by atoms with van der Waals surface area (Å²) in [6.07, 6.45) is 0. The zero-order valence-corrected chi connectivity index (χ0v) is 11.6. The number of nitrogens with one attached hydrogen (secondary N) is 1. The van der Waals surface area contributed by atoms with Crippen LogP contribution in [0.5, 0.6) is 5.75 Å². The summed E-state index contributed by atoms with van der Waals surface area (Å²) in [6, 6.07) is 5.83. The van der Waals surface area contributed by atoms with E-state index in [1.54, 1.807) is 12.1 Å². The van der Waals surface area contributed by atoms with Gasteiger partial charge in [-0.25, -0.2) is 4.39 Å². The molecule has 1 aromatic carbocycles. The average Bonchev–Trinajstić information content (AvgIpc) is 2.95. The molecule has 0 saturated carbocycles. The molecule has 1 saturated heterocycles. The van der Waals surface area contributed by atoms with E-state index in [1.165, 1.54) is 12.1 Å². The second-order valence-corrected chi connectivity index (χ2v) is 4.87. The Morgan fingerprint density at radius 2 is 2.00 bits per heavy atom. The summed E-state index contributed by atoms with van der Waals surface area (Å²) in [6.45, 7) is 4.78. The minimum Gasteiger partial charge on any atom is -0.485 e. The first-order valence-electron chi connectivity index (χ1n) is 6.92. The first kappa shape index (κ1) is 14.0. The highest BCUT2D eigenvalue weighted by atomic mass is 19.1. The van der Waals surface area contributed by atoms with Crippen LogP contribution in [0.2, 0.25) is 0 Å². The third kappa shape index (κ3) is 3.99. The summed E-state index contributed by atoms with van der Waals surface area (Å²) in [5, 5.41) is 7.18. The van der Waals surface area contributed by atoms with E-state index in [2.05, 4.69) is 20.4 Å². The number of ether oxygens (including phenoxy) is 1. The number of hydrogen-bond acceptors (Lipinski definition) is 6. The zero-order valence-electron chi connectivity index (χ0n) is 11.6. The van der Waals surface area contributed by atoms with Crippen LogP contribution in [0.15, 0.2) is 28.8 Å². The van der Waals surface area contributed by atoms with Gasteiger partial charge in [-0.05, 0) is 24.3 Å². The summed E-state index contributed by atoms with van der Waals surface area (Å²) in [7, 11) is 0. The fourth-order valence-corrected chi connectivity index (χ4v) is 2.15. The normalized spacial score (nSPS) is 16.0. The average molecular weight is 292 g/mol. The van der Waals surface area contributed by atoms with Crippen LogP contribution in [0.3, 0.4) is 0 Å². The Morgan fingerprint density at radius 3 is 2.76 bits per heavy atom. The van der Waals surface area contributed by atoms with Gasteiger partial charge in [-0.15, -0.1) is 0 Å². The predicted molar refractivity (Wildman–Crippen MR) is 73.2 cm³/mol. The van der Waals surface area contributed by atoms with Crippen molar-refractivity contribution in [2.45, 2.75) is 13.2 Å². The molecular formula is C14H17FN4O2.